The number of amides is 1. The lowest BCUT2D eigenvalue weighted by molar-refractivity contribution is -0.134. The Balaban J connectivity index is 1.68. The van der Waals surface area contributed by atoms with Crippen molar-refractivity contribution in [3.05, 3.63) is 51.2 Å². The molecule has 1 atom stereocenters. The number of aliphatic hydroxyl groups excluding tert-OH is 1. The molecule has 0 radical (unpaired) electrons. The van der Waals surface area contributed by atoms with E-state index in [9.17, 15) is 9.90 Å². The first-order chi connectivity index (χ1) is 13.2. The average molecular weight is 422 g/mol. The molecule has 1 aliphatic rings. The van der Waals surface area contributed by atoms with E-state index >= 15 is 0 Å². The normalized spacial score (nSPS) is 17.3. The number of thiophene rings is 1. The molecule has 2 N–H and O–H groups in total. The van der Waals surface area contributed by atoms with Crippen molar-refractivity contribution in [2.24, 2.45) is 0 Å². The molecule has 0 spiro atoms. The van der Waals surface area contributed by atoms with Crippen LogP contribution in [0.2, 0.25) is 5.02 Å². The van der Waals surface area contributed by atoms with Gasteiger partial charge in [-0.25, -0.2) is 0 Å². The summed E-state index contributed by atoms with van der Waals surface area (Å²) in [5, 5.41) is 13.6. The number of hydrogen-bond donors (Lipinski definition) is 2. The Morgan fingerprint density at radius 2 is 1.89 bits per heavy atom. The molecular weight excluding hydrogens is 394 g/mol. The Bertz CT molecular complexity index is 807. The molecule has 152 valence electrons. The van der Waals surface area contributed by atoms with Gasteiger partial charge >= 0.3 is 0 Å². The standard InChI is InChI=1S/C22H28ClNO3S/c1-15(25)18-10-11-19(28-18)22(12-4-5-13-22)14-24-20(26)21(2,3)27-17-8-6-16(23)7-9-17/h6-11,15,25H,4-5,12-14H2,1-3H3,(H,24,26)/t15-/m0/s1. The molecule has 4 nitrogen and oxygen atoms in total. The van der Waals surface area contributed by atoms with Crippen molar-refractivity contribution in [2.75, 3.05) is 6.54 Å². The third-order valence-corrected chi connectivity index (χ3v) is 7.20. The van der Waals surface area contributed by atoms with Gasteiger partial charge in [0.25, 0.3) is 5.91 Å². The van der Waals surface area contributed by atoms with Crippen molar-refractivity contribution >= 4 is 28.8 Å². The molecule has 1 aliphatic carbocycles. The zero-order chi connectivity index (χ0) is 20.4. The molecule has 1 amide bonds. The van der Waals surface area contributed by atoms with Crippen molar-refractivity contribution in [2.45, 2.75) is 63.6 Å². The fraction of sp³-hybridized carbons (Fsp3) is 0.500. The third kappa shape index (κ3) is 4.70. The lowest BCUT2D eigenvalue weighted by atomic mass is 9.84. The van der Waals surface area contributed by atoms with Crippen molar-refractivity contribution < 1.29 is 14.6 Å². The van der Waals surface area contributed by atoms with Gasteiger partial charge in [0, 0.05) is 26.7 Å². The molecule has 1 saturated carbocycles. The topological polar surface area (TPSA) is 58.6 Å². The lowest BCUT2D eigenvalue weighted by Gasteiger charge is -2.31. The molecule has 1 fully saturated rings. The van der Waals surface area contributed by atoms with Crippen LogP contribution in [0, 0.1) is 0 Å². The summed E-state index contributed by atoms with van der Waals surface area (Å²) < 4.78 is 5.91. The Morgan fingerprint density at radius 1 is 1.25 bits per heavy atom. The maximum Gasteiger partial charge on any atom is 0.263 e. The molecule has 0 unspecified atom stereocenters. The maximum atomic E-state index is 12.9. The van der Waals surface area contributed by atoms with E-state index in [1.807, 2.05) is 6.07 Å². The molecule has 1 aromatic heterocycles. The highest BCUT2D eigenvalue weighted by Crippen LogP contribution is 2.44. The summed E-state index contributed by atoms with van der Waals surface area (Å²) in [6, 6.07) is 11.1. The van der Waals surface area contributed by atoms with Gasteiger partial charge in [-0.05, 0) is 70.0 Å². The van der Waals surface area contributed by atoms with E-state index in [4.69, 9.17) is 16.3 Å². The minimum absolute atomic E-state index is 0.0518. The van der Waals surface area contributed by atoms with Gasteiger partial charge in [0.15, 0.2) is 5.60 Å². The number of hydrogen-bond acceptors (Lipinski definition) is 4. The van der Waals surface area contributed by atoms with Crippen LogP contribution in [0.4, 0.5) is 0 Å². The minimum atomic E-state index is -0.992. The predicted molar refractivity (Wildman–Crippen MR) is 114 cm³/mol. The molecule has 1 aromatic carbocycles. The highest BCUT2D eigenvalue weighted by Gasteiger charge is 2.39. The second-order valence-corrected chi connectivity index (χ2v) is 9.67. The van der Waals surface area contributed by atoms with Gasteiger partial charge in [-0.1, -0.05) is 24.4 Å². The first kappa shape index (κ1) is 21.2. The van der Waals surface area contributed by atoms with Crippen LogP contribution >= 0.6 is 22.9 Å². The summed E-state index contributed by atoms with van der Waals surface area (Å²) in [6.45, 7) is 5.91. The molecule has 0 bridgehead atoms. The number of carbonyl (C=O) groups excluding carboxylic acids is 1. The summed E-state index contributed by atoms with van der Waals surface area (Å²) in [5.41, 5.74) is -1.04. The van der Waals surface area contributed by atoms with E-state index < -0.39 is 11.7 Å². The van der Waals surface area contributed by atoms with Crippen LogP contribution in [-0.2, 0) is 10.2 Å². The van der Waals surface area contributed by atoms with Crippen LogP contribution in [0.25, 0.3) is 0 Å². The first-order valence-electron chi connectivity index (χ1n) is 9.73. The van der Waals surface area contributed by atoms with Gasteiger partial charge < -0.3 is 15.2 Å². The van der Waals surface area contributed by atoms with Gasteiger partial charge in [-0.3, -0.25) is 4.79 Å². The number of rotatable bonds is 7. The van der Waals surface area contributed by atoms with E-state index in [2.05, 4.69) is 11.4 Å². The Morgan fingerprint density at radius 3 is 2.46 bits per heavy atom. The number of aliphatic hydroxyl groups is 1. The van der Waals surface area contributed by atoms with Crippen LogP contribution in [0.3, 0.4) is 0 Å². The second kappa shape index (κ2) is 8.44. The SMILES string of the molecule is C[C@H](O)c1ccc(C2(CNC(=O)C(C)(C)Oc3ccc(Cl)cc3)CCCC2)s1. The van der Waals surface area contributed by atoms with Crippen molar-refractivity contribution in [1.29, 1.82) is 0 Å². The van der Waals surface area contributed by atoms with Gasteiger partial charge in [0.1, 0.15) is 5.75 Å². The molecule has 28 heavy (non-hydrogen) atoms. The monoisotopic (exact) mass is 421 g/mol. The van der Waals surface area contributed by atoms with E-state index in [0.717, 1.165) is 30.6 Å². The second-order valence-electron chi connectivity index (χ2n) is 8.11. The quantitative estimate of drug-likeness (QED) is 0.642. The number of nitrogens with one attached hydrogen (secondary N) is 1. The number of benzene rings is 1. The smallest absolute Gasteiger partial charge is 0.263 e. The molecule has 1 heterocycles. The number of ether oxygens (including phenoxy) is 1. The van der Waals surface area contributed by atoms with Gasteiger partial charge in [0.05, 0.1) is 6.10 Å². The Labute approximate surface area is 175 Å². The molecule has 3 rings (SSSR count). The minimum Gasteiger partial charge on any atom is -0.478 e. The van der Waals surface area contributed by atoms with Crippen LogP contribution in [0.15, 0.2) is 36.4 Å². The Hall–Kier alpha value is -1.56. The van der Waals surface area contributed by atoms with Crippen molar-refractivity contribution in [3.63, 3.8) is 0 Å². The fourth-order valence-corrected chi connectivity index (χ4v) is 5.05. The number of halogens is 1. The third-order valence-electron chi connectivity index (χ3n) is 5.44. The highest BCUT2D eigenvalue weighted by atomic mass is 35.5. The highest BCUT2D eigenvalue weighted by molar-refractivity contribution is 7.12. The summed E-state index contributed by atoms with van der Waals surface area (Å²) in [7, 11) is 0. The van der Waals surface area contributed by atoms with Gasteiger partial charge in [-0.15, -0.1) is 11.3 Å². The first-order valence-corrected chi connectivity index (χ1v) is 10.9. The van der Waals surface area contributed by atoms with Crippen LogP contribution in [-0.4, -0.2) is 23.2 Å². The van der Waals surface area contributed by atoms with E-state index in [1.165, 1.54) is 4.88 Å². The van der Waals surface area contributed by atoms with E-state index in [-0.39, 0.29) is 11.3 Å². The van der Waals surface area contributed by atoms with Crippen molar-refractivity contribution in [1.82, 2.24) is 5.32 Å². The molecule has 0 saturated heterocycles. The lowest BCUT2D eigenvalue weighted by Crippen LogP contribution is -2.50. The Kier molecular flexibility index (Phi) is 6.37. The molecule has 2 aromatic rings. The molecular formula is C22H28ClNO3S. The zero-order valence-corrected chi connectivity index (χ0v) is 18.2. The number of carbonyl (C=O) groups is 1. The predicted octanol–water partition coefficient (Wildman–Crippen LogP) is 5.24. The summed E-state index contributed by atoms with van der Waals surface area (Å²) in [5.74, 6) is 0.473. The summed E-state index contributed by atoms with van der Waals surface area (Å²) >= 11 is 7.57. The van der Waals surface area contributed by atoms with E-state index in [1.54, 1.807) is 56.4 Å². The molecule has 6 heteroatoms. The maximum absolute atomic E-state index is 12.9. The van der Waals surface area contributed by atoms with Gasteiger partial charge in [0.2, 0.25) is 0 Å². The van der Waals surface area contributed by atoms with Crippen LogP contribution < -0.4 is 10.1 Å². The largest absolute Gasteiger partial charge is 0.478 e. The van der Waals surface area contributed by atoms with Crippen LogP contribution in [0.1, 0.15) is 62.3 Å². The van der Waals surface area contributed by atoms with Crippen molar-refractivity contribution in [3.8, 4) is 5.75 Å². The summed E-state index contributed by atoms with van der Waals surface area (Å²) in [6.07, 6.45) is 3.94. The van der Waals surface area contributed by atoms with Crippen LogP contribution in [0.5, 0.6) is 5.75 Å². The van der Waals surface area contributed by atoms with Gasteiger partial charge in [-0.2, -0.15) is 0 Å². The van der Waals surface area contributed by atoms with E-state index in [0.29, 0.717) is 17.3 Å². The fourth-order valence-electron chi connectivity index (χ4n) is 3.73. The summed E-state index contributed by atoms with van der Waals surface area (Å²) in [4.78, 5) is 15.1. The molecule has 0 aliphatic heterocycles. The average Bonchev–Trinajstić information content (AvgIpc) is 3.31. The zero-order valence-electron chi connectivity index (χ0n) is 16.6.